The summed E-state index contributed by atoms with van der Waals surface area (Å²) in [6, 6.07) is 9.52. The van der Waals surface area contributed by atoms with Gasteiger partial charge < -0.3 is 0 Å². The van der Waals surface area contributed by atoms with Crippen LogP contribution in [0.2, 0.25) is 0 Å². The highest BCUT2D eigenvalue weighted by atomic mass is 16.1. The van der Waals surface area contributed by atoms with Crippen molar-refractivity contribution in [2.24, 2.45) is 4.99 Å². The number of benzene rings is 1. The van der Waals surface area contributed by atoms with Crippen molar-refractivity contribution in [1.29, 1.82) is 0 Å². The lowest BCUT2D eigenvalue weighted by atomic mass is 10.1. The van der Waals surface area contributed by atoms with Crippen LogP contribution < -0.4 is 0 Å². The Balaban J connectivity index is 2.67. The number of isocyanates is 1. The number of carbonyl (C=O) groups excluding carboxylic acids is 1. The smallest absolute Gasteiger partial charge is 0.228 e. The molecule has 0 amide bonds. The van der Waals surface area contributed by atoms with Gasteiger partial charge in [-0.3, -0.25) is 0 Å². The van der Waals surface area contributed by atoms with E-state index in [0.717, 1.165) is 10.9 Å². The normalized spacial score (nSPS) is 9.79. The van der Waals surface area contributed by atoms with Crippen LogP contribution in [-0.2, 0) is 4.79 Å². The van der Waals surface area contributed by atoms with Gasteiger partial charge in [-0.2, -0.15) is 0 Å². The van der Waals surface area contributed by atoms with E-state index in [2.05, 4.69) is 9.98 Å². The molecule has 3 heteroatoms. The molecule has 0 aliphatic carbocycles. The lowest BCUT2D eigenvalue weighted by Gasteiger charge is -1.98. The summed E-state index contributed by atoms with van der Waals surface area (Å²) in [5.74, 6) is 0.399. The zero-order chi connectivity index (χ0) is 9.97. The molecular weight excluding hydrogens is 176 g/mol. The molecule has 0 bridgehead atoms. The van der Waals surface area contributed by atoms with Gasteiger partial charge in [0.15, 0.2) is 5.82 Å². The van der Waals surface area contributed by atoms with Gasteiger partial charge in [0.25, 0.3) is 0 Å². The Bertz CT molecular complexity index is 528. The van der Waals surface area contributed by atoms with Crippen LogP contribution in [0.4, 0.5) is 5.82 Å². The molecular formula is C11H8N2O. The molecule has 0 saturated heterocycles. The molecule has 1 aromatic carbocycles. The predicted octanol–water partition coefficient (Wildman–Crippen LogP) is 2.51. The summed E-state index contributed by atoms with van der Waals surface area (Å²) in [6.07, 6.45) is 1.47. The Kier molecular flexibility index (Phi) is 2.09. The highest BCUT2D eigenvalue weighted by molar-refractivity contribution is 5.80. The lowest BCUT2D eigenvalue weighted by Crippen LogP contribution is -1.80. The van der Waals surface area contributed by atoms with Gasteiger partial charge in [-0.05, 0) is 31.2 Å². The molecule has 68 valence electrons. The number of fused-ring (bicyclic) bond motifs is 1. The predicted molar refractivity (Wildman–Crippen MR) is 54.3 cm³/mol. The molecule has 0 fully saturated rings. The van der Waals surface area contributed by atoms with Crippen molar-refractivity contribution in [2.45, 2.75) is 6.92 Å². The van der Waals surface area contributed by atoms with Gasteiger partial charge in [-0.1, -0.05) is 11.6 Å². The molecule has 0 spiro atoms. The van der Waals surface area contributed by atoms with Crippen LogP contribution in [0.1, 0.15) is 5.56 Å². The van der Waals surface area contributed by atoms with E-state index in [-0.39, 0.29) is 0 Å². The third-order valence-electron chi connectivity index (χ3n) is 1.99. The van der Waals surface area contributed by atoms with Crippen LogP contribution in [0.15, 0.2) is 35.3 Å². The summed E-state index contributed by atoms with van der Waals surface area (Å²) in [4.78, 5) is 17.7. The summed E-state index contributed by atoms with van der Waals surface area (Å²) in [6.45, 7) is 2.02. The van der Waals surface area contributed by atoms with E-state index in [4.69, 9.17) is 0 Å². The van der Waals surface area contributed by atoms with Crippen molar-refractivity contribution in [3.8, 4) is 0 Å². The quantitative estimate of drug-likeness (QED) is 0.504. The van der Waals surface area contributed by atoms with E-state index in [9.17, 15) is 4.79 Å². The van der Waals surface area contributed by atoms with Crippen molar-refractivity contribution < 1.29 is 4.79 Å². The van der Waals surface area contributed by atoms with Gasteiger partial charge in [0.2, 0.25) is 6.08 Å². The molecule has 0 radical (unpaired) electrons. The first kappa shape index (κ1) is 8.60. The number of hydrogen-bond donors (Lipinski definition) is 0. The van der Waals surface area contributed by atoms with Crippen molar-refractivity contribution in [3.05, 3.63) is 35.9 Å². The summed E-state index contributed by atoms with van der Waals surface area (Å²) >= 11 is 0. The Labute approximate surface area is 81.1 Å². The summed E-state index contributed by atoms with van der Waals surface area (Å²) in [5, 5.41) is 1.05. The SMILES string of the molecule is Cc1ccc2nc(N=C=O)ccc2c1. The first-order chi connectivity index (χ1) is 6.79. The maximum absolute atomic E-state index is 10.0. The average molecular weight is 184 g/mol. The summed E-state index contributed by atoms with van der Waals surface area (Å²) in [5.41, 5.74) is 2.03. The largest absolute Gasteiger partial charge is 0.242 e. The third kappa shape index (κ3) is 1.53. The standard InChI is InChI=1S/C11H8N2O/c1-8-2-4-10-9(6-8)3-5-11(13-10)12-7-14/h2-6H,1H3. The van der Waals surface area contributed by atoms with Crippen molar-refractivity contribution in [2.75, 3.05) is 0 Å². The topological polar surface area (TPSA) is 42.3 Å². The monoisotopic (exact) mass is 184 g/mol. The van der Waals surface area contributed by atoms with E-state index in [1.54, 1.807) is 6.07 Å². The Morgan fingerprint density at radius 3 is 2.93 bits per heavy atom. The van der Waals surface area contributed by atoms with Gasteiger partial charge in [0, 0.05) is 5.39 Å². The second-order valence-electron chi connectivity index (χ2n) is 3.07. The highest BCUT2D eigenvalue weighted by Crippen LogP contribution is 2.17. The van der Waals surface area contributed by atoms with Gasteiger partial charge >= 0.3 is 0 Å². The van der Waals surface area contributed by atoms with Crippen LogP contribution in [0.3, 0.4) is 0 Å². The summed E-state index contributed by atoms with van der Waals surface area (Å²) in [7, 11) is 0. The fraction of sp³-hybridized carbons (Fsp3) is 0.0909. The molecule has 0 N–H and O–H groups in total. The average Bonchev–Trinajstić information content (AvgIpc) is 2.19. The van der Waals surface area contributed by atoms with Crippen molar-refractivity contribution in [3.63, 3.8) is 0 Å². The molecule has 0 unspecified atom stereocenters. The number of aryl methyl sites for hydroxylation is 1. The fourth-order valence-electron chi connectivity index (χ4n) is 1.34. The summed E-state index contributed by atoms with van der Waals surface area (Å²) < 4.78 is 0. The van der Waals surface area contributed by atoms with E-state index < -0.39 is 0 Å². The van der Waals surface area contributed by atoms with E-state index in [0.29, 0.717) is 5.82 Å². The maximum Gasteiger partial charge on any atom is 0.242 e. The second-order valence-corrected chi connectivity index (χ2v) is 3.07. The molecule has 3 nitrogen and oxygen atoms in total. The number of pyridine rings is 1. The minimum absolute atomic E-state index is 0.399. The van der Waals surface area contributed by atoms with Crippen LogP contribution in [0.25, 0.3) is 10.9 Å². The Morgan fingerprint density at radius 1 is 1.29 bits per heavy atom. The molecule has 0 aliphatic rings. The lowest BCUT2D eigenvalue weighted by molar-refractivity contribution is 0.565. The number of aromatic nitrogens is 1. The molecule has 0 aliphatic heterocycles. The molecule has 2 aromatic rings. The van der Waals surface area contributed by atoms with Crippen LogP contribution in [0.5, 0.6) is 0 Å². The van der Waals surface area contributed by atoms with Crippen molar-refractivity contribution >= 4 is 22.8 Å². The Morgan fingerprint density at radius 2 is 2.14 bits per heavy atom. The molecule has 0 atom stereocenters. The highest BCUT2D eigenvalue weighted by Gasteiger charge is 1.96. The first-order valence-corrected chi connectivity index (χ1v) is 4.25. The molecule has 14 heavy (non-hydrogen) atoms. The molecule has 0 saturated carbocycles. The maximum atomic E-state index is 10.0. The van der Waals surface area contributed by atoms with Gasteiger partial charge in [-0.15, -0.1) is 4.99 Å². The van der Waals surface area contributed by atoms with Gasteiger partial charge in [0.1, 0.15) is 0 Å². The zero-order valence-corrected chi connectivity index (χ0v) is 7.69. The van der Waals surface area contributed by atoms with Gasteiger partial charge in [0.05, 0.1) is 5.52 Å². The number of rotatable bonds is 1. The number of hydrogen-bond acceptors (Lipinski definition) is 3. The van der Waals surface area contributed by atoms with Crippen LogP contribution >= 0.6 is 0 Å². The number of nitrogens with zero attached hydrogens (tertiary/aromatic N) is 2. The first-order valence-electron chi connectivity index (χ1n) is 4.25. The minimum Gasteiger partial charge on any atom is -0.228 e. The second kappa shape index (κ2) is 3.40. The fourth-order valence-corrected chi connectivity index (χ4v) is 1.34. The Hall–Kier alpha value is -1.99. The van der Waals surface area contributed by atoms with E-state index in [1.807, 2.05) is 31.2 Å². The zero-order valence-electron chi connectivity index (χ0n) is 7.69. The number of aliphatic imine (C=N–C) groups is 1. The minimum atomic E-state index is 0.399. The van der Waals surface area contributed by atoms with Crippen molar-refractivity contribution in [1.82, 2.24) is 4.98 Å². The third-order valence-corrected chi connectivity index (χ3v) is 1.99. The van der Waals surface area contributed by atoms with Gasteiger partial charge in [-0.25, -0.2) is 9.78 Å². The molecule has 1 aromatic heterocycles. The molecule has 1 heterocycles. The van der Waals surface area contributed by atoms with E-state index in [1.165, 1.54) is 11.6 Å². The van der Waals surface area contributed by atoms with E-state index >= 15 is 0 Å². The van der Waals surface area contributed by atoms with Crippen LogP contribution in [-0.4, -0.2) is 11.1 Å². The van der Waals surface area contributed by atoms with Crippen LogP contribution in [0, 0.1) is 6.92 Å². The molecule has 2 rings (SSSR count).